The number of sulfonamides is 1. The van der Waals surface area contributed by atoms with E-state index in [9.17, 15) is 18.0 Å². The zero-order valence-corrected chi connectivity index (χ0v) is 17.9. The van der Waals surface area contributed by atoms with Crippen molar-refractivity contribution in [2.24, 2.45) is 11.1 Å². The molecule has 1 atom stereocenters. The van der Waals surface area contributed by atoms with Crippen LogP contribution in [0, 0.1) is 5.92 Å². The van der Waals surface area contributed by atoms with E-state index in [0.29, 0.717) is 0 Å². The van der Waals surface area contributed by atoms with Crippen LogP contribution in [0.1, 0.15) is 44.0 Å². The van der Waals surface area contributed by atoms with Crippen LogP contribution in [0.5, 0.6) is 0 Å². The molecular weight excluding hydrogens is 406 g/mol. The van der Waals surface area contributed by atoms with E-state index in [1.807, 2.05) is 0 Å². The Morgan fingerprint density at radius 2 is 1.96 bits per heavy atom. The Labute approximate surface area is 170 Å². The Morgan fingerprint density at radius 3 is 2.46 bits per heavy atom. The van der Waals surface area contributed by atoms with E-state index in [1.54, 1.807) is 27.8 Å². The molecule has 28 heavy (non-hydrogen) atoms. The van der Waals surface area contributed by atoms with Gasteiger partial charge in [0, 0.05) is 19.2 Å². The van der Waals surface area contributed by atoms with Gasteiger partial charge in [-0.1, -0.05) is 11.6 Å². The van der Waals surface area contributed by atoms with Crippen LogP contribution in [0.25, 0.3) is 0 Å². The molecule has 2 amide bonds. The molecule has 8 nitrogen and oxygen atoms in total. The summed E-state index contributed by atoms with van der Waals surface area (Å²) in [4.78, 5) is 26.0. The summed E-state index contributed by atoms with van der Waals surface area (Å²) in [5, 5.41) is 7.81. The molecular formula is C18H26ClN3O5S. The smallest absolute Gasteiger partial charge is 0.407 e. The lowest BCUT2D eigenvalue weighted by molar-refractivity contribution is 0.0491. The summed E-state index contributed by atoms with van der Waals surface area (Å²) in [7, 11) is -2.44. The Hall–Kier alpha value is -1.84. The molecule has 156 valence electrons. The highest BCUT2D eigenvalue weighted by molar-refractivity contribution is 7.89. The van der Waals surface area contributed by atoms with Crippen LogP contribution in [0.2, 0.25) is 5.02 Å². The van der Waals surface area contributed by atoms with E-state index in [1.165, 1.54) is 23.1 Å². The number of amides is 2. The van der Waals surface area contributed by atoms with Crippen molar-refractivity contribution in [2.45, 2.75) is 50.2 Å². The van der Waals surface area contributed by atoms with Crippen LogP contribution in [-0.4, -0.2) is 50.6 Å². The molecule has 3 N–H and O–H groups in total. The summed E-state index contributed by atoms with van der Waals surface area (Å²) in [5.41, 5.74) is -0.465. The third-order valence-corrected chi connectivity index (χ3v) is 5.72. The van der Waals surface area contributed by atoms with E-state index < -0.39 is 21.7 Å². The highest BCUT2D eigenvalue weighted by atomic mass is 35.5. The van der Waals surface area contributed by atoms with Gasteiger partial charge in [0.1, 0.15) is 10.5 Å². The topological polar surface area (TPSA) is 119 Å². The lowest BCUT2D eigenvalue weighted by Crippen LogP contribution is -2.47. The molecule has 1 aliphatic rings. The second kappa shape index (κ2) is 8.26. The van der Waals surface area contributed by atoms with Gasteiger partial charge in [-0.3, -0.25) is 4.79 Å². The lowest BCUT2D eigenvalue weighted by atomic mass is 10.1. The Bertz CT molecular complexity index is 862. The fourth-order valence-electron chi connectivity index (χ4n) is 2.81. The SMILES string of the molecule is CN(C(=O)c1ccc(Cl)c(S(N)(=O)=O)c1)C(CNC(=O)OC(C)(C)C)C1CC1. The number of hydrogen-bond acceptors (Lipinski definition) is 5. The maximum Gasteiger partial charge on any atom is 0.407 e. The summed E-state index contributed by atoms with van der Waals surface area (Å²) in [5.74, 6) is -0.127. The third kappa shape index (κ3) is 6.08. The number of rotatable bonds is 6. The molecule has 0 heterocycles. The average Bonchev–Trinajstić information content (AvgIpc) is 3.36. The van der Waals surface area contributed by atoms with Gasteiger partial charge in [0.2, 0.25) is 10.0 Å². The highest BCUT2D eigenvalue weighted by Crippen LogP contribution is 2.35. The van der Waals surface area contributed by atoms with E-state index in [2.05, 4.69) is 5.32 Å². The maximum absolute atomic E-state index is 12.9. The monoisotopic (exact) mass is 431 g/mol. The largest absolute Gasteiger partial charge is 0.444 e. The molecule has 1 aromatic carbocycles. The van der Waals surface area contributed by atoms with Gasteiger partial charge < -0.3 is 15.0 Å². The number of benzene rings is 1. The van der Waals surface area contributed by atoms with Crippen molar-refractivity contribution in [3.05, 3.63) is 28.8 Å². The number of carbonyl (C=O) groups is 2. The van der Waals surface area contributed by atoms with Gasteiger partial charge >= 0.3 is 6.09 Å². The zero-order valence-electron chi connectivity index (χ0n) is 16.4. The summed E-state index contributed by atoms with van der Waals surface area (Å²) in [6.45, 7) is 5.54. The first-order valence-corrected chi connectivity index (χ1v) is 10.8. The Kier molecular flexibility index (Phi) is 6.62. The van der Waals surface area contributed by atoms with E-state index in [4.69, 9.17) is 21.5 Å². The minimum Gasteiger partial charge on any atom is -0.444 e. The molecule has 0 bridgehead atoms. The molecule has 1 fully saturated rings. The first-order valence-electron chi connectivity index (χ1n) is 8.86. The fourth-order valence-corrected chi connectivity index (χ4v) is 3.88. The summed E-state index contributed by atoms with van der Waals surface area (Å²) < 4.78 is 28.5. The standard InChI is InChI=1S/C18H26ClN3O5S/c1-18(2,3)27-17(24)21-10-14(11-5-6-11)22(4)16(23)12-7-8-13(19)15(9-12)28(20,25)26/h7-9,11,14H,5-6,10H2,1-4H3,(H,21,24)(H2,20,25,26). The van der Waals surface area contributed by atoms with Crippen LogP contribution in [-0.2, 0) is 14.8 Å². The molecule has 1 aliphatic carbocycles. The number of nitrogens with one attached hydrogen (secondary N) is 1. The van der Waals surface area contributed by atoms with E-state index in [-0.39, 0.29) is 39.9 Å². The van der Waals surface area contributed by atoms with Gasteiger partial charge in [-0.05, 0) is 57.7 Å². The van der Waals surface area contributed by atoms with Crippen LogP contribution < -0.4 is 10.5 Å². The number of likely N-dealkylation sites (N-methyl/N-ethyl adjacent to an activating group) is 1. The number of nitrogens with two attached hydrogens (primary N) is 1. The Balaban J connectivity index is 2.14. The van der Waals surface area contributed by atoms with Gasteiger partial charge in [0.05, 0.1) is 11.1 Å². The van der Waals surface area contributed by atoms with Crippen molar-refractivity contribution in [3.8, 4) is 0 Å². The van der Waals surface area contributed by atoms with Gasteiger partial charge in [-0.2, -0.15) is 0 Å². The van der Waals surface area contributed by atoms with Crippen LogP contribution >= 0.6 is 11.6 Å². The van der Waals surface area contributed by atoms with Crippen LogP contribution in [0.15, 0.2) is 23.1 Å². The summed E-state index contributed by atoms with van der Waals surface area (Å²) in [6.07, 6.45) is 1.34. The molecule has 0 aromatic heterocycles. The second-order valence-electron chi connectivity index (χ2n) is 7.89. The summed E-state index contributed by atoms with van der Waals surface area (Å²) >= 11 is 5.88. The molecule has 2 rings (SSSR count). The number of hydrogen-bond donors (Lipinski definition) is 2. The molecule has 0 aliphatic heterocycles. The predicted molar refractivity (Wildman–Crippen MR) is 106 cm³/mol. The molecule has 1 unspecified atom stereocenters. The van der Waals surface area contributed by atoms with Crippen molar-refractivity contribution in [2.75, 3.05) is 13.6 Å². The molecule has 10 heteroatoms. The highest BCUT2D eigenvalue weighted by Gasteiger charge is 2.36. The molecule has 1 aromatic rings. The molecule has 0 spiro atoms. The lowest BCUT2D eigenvalue weighted by Gasteiger charge is -2.29. The maximum atomic E-state index is 12.9. The predicted octanol–water partition coefficient (Wildman–Crippen LogP) is 2.36. The minimum absolute atomic E-state index is 0.0490. The van der Waals surface area contributed by atoms with E-state index in [0.717, 1.165) is 12.8 Å². The molecule has 0 radical (unpaired) electrons. The van der Waals surface area contributed by atoms with Crippen molar-refractivity contribution < 1.29 is 22.7 Å². The quantitative estimate of drug-likeness (QED) is 0.716. The van der Waals surface area contributed by atoms with Gasteiger partial charge in [0.15, 0.2) is 0 Å². The first-order chi connectivity index (χ1) is 12.8. The number of carbonyl (C=O) groups excluding carboxylic acids is 2. The van der Waals surface area contributed by atoms with Crippen molar-refractivity contribution in [1.82, 2.24) is 10.2 Å². The van der Waals surface area contributed by atoms with Crippen molar-refractivity contribution in [1.29, 1.82) is 0 Å². The first kappa shape index (κ1) is 22.4. The Morgan fingerprint density at radius 1 is 1.36 bits per heavy atom. The number of ether oxygens (including phenoxy) is 1. The van der Waals surface area contributed by atoms with Crippen LogP contribution in [0.4, 0.5) is 4.79 Å². The fraction of sp³-hybridized carbons (Fsp3) is 0.556. The second-order valence-corrected chi connectivity index (χ2v) is 9.83. The molecule has 0 saturated heterocycles. The number of primary sulfonamides is 1. The van der Waals surface area contributed by atoms with Gasteiger partial charge in [-0.25, -0.2) is 18.4 Å². The summed E-state index contributed by atoms with van der Waals surface area (Å²) in [6, 6.07) is 3.70. The number of nitrogens with zero attached hydrogens (tertiary/aromatic N) is 1. The third-order valence-electron chi connectivity index (χ3n) is 4.32. The average molecular weight is 432 g/mol. The van der Waals surface area contributed by atoms with Gasteiger partial charge in [0.25, 0.3) is 5.91 Å². The number of alkyl carbamates (subject to hydrolysis) is 1. The van der Waals surface area contributed by atoms with E-state index >= 15 is 0 Å². The van der Waals surface area contributed by atoms with Crippen molar-refractivity contribution in [3.63, 3.8) is 0 Å². The van der Waals surface area contributed by atoms with Crippen LogP contribution in [0.3, 0.4) is 0 Å². The number of halogens is 1. The normalized spacial score (nSPS) is 15.6. The zero-order chi connectivity index (χ0) is 21.3. The minimum atomic E-state index is -4.05. The molecule has 1 saturated carbocycles. The van der Waals surface area contributed by atoms with Crippen molar-refractivity contribution >= 4 is 33.6 Å². The van der Waals surface area contributed by atoms with Gasteiger partial charge in [-0.15, -0.1) is 0 Å².